The lowest BCUT2D eigenvalue weighted by Gasteiger charge is -2.21. The molecular weight excluding hydrogens is 522 g/mol. The Bertz CT molecular complexity index is 1380. The zero-order valence-corrected chi connectivity index (χ0v) is 21.9. The van der Waals surface area contributed by atoms with Crippen LogP contribution >= 0.6 is 11.8 Å². The minimum absolute atomic E-state index is 0.150. The van der Waals surface area contributed by atoms with Gasteiger partial charge in [0.15, 0.2) is 5.71 Å². The molecule has 4 rings (SSSR count). The van der Waals surface area contributed by atoms with Crippen molar-refractivity contribution in [3.8, 4) is 0 Å². The Morgan fingerprint density at radius 2 is 1.26 bits per heavy atom. The van der Waals surface area contributed by atoms with Crippen molar-refractivity contribution in [3.63, 3.8) is 0 Å². The van der Waals surface area contributed by atoms with Gasteiger partial charge in [0.25, 0.3) is 0 Å². The van der Waals surface area contributed by atoms with E-state index in [1.165, 1.54) is 11.8 Å². The molecule has 0 unspecified atom stereocenters. The second kappa shape index (κ2) is 10.4. The van der Waals surface area contributed by atoms with E-state index in [1.807, 2.05) is 86.2 Å². The van der Waals surface area contributed by atoms with Crippen LogP contribution in [-0.4, -0.2) is 38.5 Å². The van der Waals surface area contributed by atoms with Gasteiger partial charge in [-0.25, -0.2) is 4.58 Å². The van der Waals surface area contributed by atoms with Crippen molar-refractivity contribution in [1.29, 1.82) is 0 Å². The standard InChI is InChI=1S/C29H25F6N2S/c1-36(2)24-9-5-18(6-10-24)26-15-21(16-27(38-26)19-7-11-25(12-8-19)37(3)4)20-13-22(28(30,31)32)17-23(14-20)29(33,34)35/h5-17H,1-4H3/q+1. The summed E-state index contributed by atoms with van der Waals surface area (Å²) < 4.78 is 83.4. The van der Waals surface area contributed by atoms with Crippen molar-refractivity contribution in [1.82, 2.24) is 0 Å². The zero-order chi connectivity index (χ0) is 27.8. The van der Waals surface area contributed by atoms with Gasteiger partial charge in [0.05, 0.1) is 11.1 Å². The molecule has 2 nitrogen and oxygen atoms in total. The summed E-state index contributed by atoms with van der Waals surface area (Å²) in [6.07, 6.45) is 1.02. The van der Waals surface area contributed by atoms with Crippen LogP contribution in [0.5, 0.6) is 0 Å². The third kappa shape index (κ3) is 6.15. The lowest BCUT2D eigenvalue weighted by molar-refractivity contribution is -0.462. The lowest BCUT2D eigenvalue weighted by atomic mass is 9.96. The van der Waals surface area contributed by atoms with Crippen LogP contribution in [0.2, 0.25) is 0 Å². The highest BCUT2D eigenvalue weighted by Crippen LogP contribution is 2.45. The van der Waals surface area contributed by atoms with Crippen LogP contribution < -0.4 is 4.90 Å². The highest BCUT2D eigenvalue weighted by molar-refractivity contribution is 8.12. The molecule has 0 fully saturated rings. The van der Waals surface area contributed by atoms with E-state index >= 15 is 0 Å². The number of hydrogen-bond acceptors (Lipinski definition) is 2. The summed E-state index contributed by atoms with van der Waals surface area (Å²) in [6.45, 7) is 0. The molecule has 0 bridgehead atoms. The molecule has 0 saturated heterocycles. The topological polar surface area (TPSA) is 6.25 Å². The van der Waals surface area contributed by atoms with Gasteiger partial charge >= 0.3 is 12.4 Å². The van der Waals surface area contributed by atoms with E-state index in [2.05, 4.69) is 0 Å². The van der Waals surface area contributed by atoms with Gasteiger partial charge in [0.1, 0.15) is 14.1 Å². The number of rotatable bonds is 3. The van der Waals surface area contributed by atoms with Crippen molar-refractivity contribution in [3.05, 3.63) is 112 Å². The maximum atomic E-state index is 13.6. The van der Waals surface area contributed by atoms with Gasteiger partial charge in [0.2, 0.25) is 0 Å². The predicted octanol–water partition coefficient (Wildman–Crippen LogP) is 8.05. The van der Waals surface area contributed by atoms with Crippen molar-refractivity contribution in [2.45, 2.75) is 12.4 Å². The molecule has 0 atom stereocenters. The number of thioether (sulfide) groups is 1. The third-order valence-corrected chi connectivity index (χ3v) is 7.20. The van der Waals surface area contributed by atoms with Crippen molar-refractivity contribution in [2.75, 3.05) is 33.1 Å². The number of halogens is 6. The maximum absolute atomic E-state index is 13.6. The van der Waals surface area contributed by atoms with Gasteiger partial charge in [-0.3, -0.25) is 0 Å². The van der Waals surface area contributed by atoms with Crippen molar-refractivity contribution < 1.29 is 30.9 Å². The quantitative estimate of drug-likeness (QED) is 0.283. The second-order valence-electron chi connectivity index (χ2n) is 9.25. The van der Waals surface area contributed by atoms with Gasteiger partial charge in [-0.15, -0.1) is 0 Å². The fraction of sp³-hybridized carbons (Fsp3) is 0.207. The average molecular weight is 548 g/mol. The molecule has 0 N–H and O–H groups in total. The molecule has 9 heteroatoms. The largest absolute Gasteiger partial charge is 0.416 e. The zero-order valence-electron chi connectivity index (χ0n) is 21.1. The highest BCUT2D eigenvalue weighted by Gasteiger charge is 2.37. The van der Waals surface area contributed by atoms with Crippen LogP contribution in [0.15, 0.2) is 89.4 Å². The van der Waals surface area contributed by atoms with Crippen molar-refractivity contribution >= 4 is 33.6 Å². The van der Waals surface area contributed by atoms with E-state index in [-0.39, 0.29) is 17.2 Å². The Morgan fingerprint density at radius 1 is 0.711 bits per heavy atom. The number of nitrogens with zero attached hydrogens (tertiary/aromatic N) is 2. The smallest absolute Gasteiger partial charge is 0.378 e. The SMILES string of the molecule is CN(C)c1ccc(C2=CC(c3cc(C(F)(F)F)cc(C(F)(F)F)c3)=CC(=C3C=CC(=[N+](C)C)C=C3)S2)cc1. The molecule has 0 spiro atoms. The molecule has 2 aliphatic rings. The minimum atomic E-state index is -4.93. The molecule has 0 radical (unpaired) electrons. The molecular formula is C29H25F6N2S+. The first-order valence-electron chi connectivity index (χ1n) is 11.6. The molecule has 0 amide bonds. The first-order valence-corrected chi connectivity index (χ1v) is 12.4. The summed E-state index contributed by atoms with van der Waals surface area (Å²) >= 11 is 1.41. The predicted molar refractivity (Wildman–Crippen MR) is 143 cm³/mol. The molecule has 0 aromatic heterocycles. The summed E-state index contributed by atoms with van der Waals surface area (Å²) in [4.78, 5) is 3.36. The normalized spacial score (nSPS) is 16.0. The first kappa shape index (κ1) is 27.6. The number of alkyl halides is 6. The fourth-order valence-electron chi connectivity index (χ4n) is 3.92. The van der Waals surface area contributed by atoms with E-state index in [0.29, 0.717) is 9.81 Å². The highest BCUT2D eigenvalue weighted by atomic mass is 32.2. The average Bonchev–Trinajstić information content (AvgIpc) is 2.87. The fourth-order valence-corrected chi connectivity index (χ4v) is 5.04. The lowest BCUT2D eigenvalue weighted by Crippen LogP contribution is -2.12. The number of anilines is 1. The van der Waals surface area contributed by atoms with Gasteiger partial charge in [-0.2, -0.15) is 26.3 Å². The number of allylic oxidation sites excluding steroid dienone is 8. The van der Waals surface area contributed by atoms with Crippen LogP contribution in [0.25, 0.3) is 10.5 Å². The van der Waals surface area contributed by atoms with Crippen molar-refractivity contribution in [2.24, 2.45) is 0 Å². The summed E-state index contributed by atoms with van der Waals surface area (Å²) in [5.74, 6) is 0. The van der Waals surface area contributed by atoms with Crippen LogP contribution in [0, 0.1) is 0 Å². The van der Waals surface area contributed by atoms with Gasteiger partial charge in [-0.05, 0) is 76.9 Å². The minimum Gasteiger partial charge on any atom is -0.378 e. The first-order chi connectivity index (χ1) is 17.7. The maximum Gasteiger partial charge on any atom is 0.416 e. The van der Waals surface area contributed by atoms with Gasteiger partial charge in [0, 0.05) is 41.7 Å². The number of benzene rings is 2. The van der Waals surface area contributed by atoms with Crippen LogP contribution in [-0.2, 0) is 12.4 Å². The Labute approximate surface area is 221 Å². The van der Waals surface area contributed by atoms with Crippen LogP contribution in [0.3, 0.4) is 0 Å². The summed E-state index contributed by atoms with van der Waals surface area (Å²) in [5.41, 5.74) is 0.945. The Kier molecular flexibility index (Phi) is 7.52. The molecule has 1 aliphatic heterocycles. The van der Waals surface area contributed by atoms with E-state index in [0.717, 1.165) is 34.7 Å². The summed E-state index contributed by atoms with van der Waals surface area (Å²) in [6, 6.07) is 9.28. The summed E-state index contributed by atoms with van der Waals surface area (Å²) in [5, 5.41) is 0. The second-order valence-corrected chi connectivity index (χ2v) is 10.3. The number of hydrogen-bond donors (Lipinski definition) is 0. The molecule has 198 valence electrons. The molecule has 38 heavy (non-hydrogen) atoms. The van der Waals surface area contributed by atoms with E-state index in [1.54, 1.807) is 12.2 Å². The van der Waals surface area contributed by atoms with Crippen LogP contribution in [0.4, 0.5) is 32.0 Å². The summed E-state index contributed by atoms with van der Waals surface area (Å²) in [7, 11) is 7.61. The molecule has 2 aromatic carbocycles. The van der Waals surface area contributed by atoms with Gasteiger partial charge < -0.3 is 4.90 Å². The monoisotopic (exact) mass is 547 g/mol. The molecule has 1 heterocycles. The Balaban J connectivity index is 1.90. The van der Waals surface area contributed by atoms with E-state index in [9.17, 15) is 26.3 Å². The third-order valence-electron chi connectivity index (χ3n) is 6.05. The molecule has 1 aliphatic carbocycles. The molecule has 2 aromatic rings. The Hall–Kier alpha value is -3.46. The van der Waals surface area contributed by atoms with E-state index < -0.39 is 23.5 Å². The van der Waals surface area contributed by atoms with Gasteiger partial charge in [-0.1, -0.05) is 23.9 Å². The van der Waals surface area contributed by atoms with E-state index in [4.69, 9.17) is 0 Å². The van der Waals surface area contributed by atoms with Crippen LogP contribution in [0.1, 0.15) is 22.3 Å². The molecule has 0 saturated carbocycles. The Morgan fingerprint density at radius 3 is 1.74 bits per heavy atom.